The van der Waals surface area contributed by atoms with E-state index < -0.39 is 17.7 Å². The third kappa shape index (κ3) is 5.34. The number of carbonyl (C=O) groups excluding carboxylic acids is 2. The predicted octanol–water partition coefficient (Wildman–Crippen LogP) is 4.87. The first-order valence-corrected chi connectivity index (χ1v) is 12.0. The molecule has 1 amide bonds. The molecule has 1 heterocycles. The Bertz CT molecular complexity index is 1280. The Morgan fingerprint density at radius 3 is 2.31 bits per heavy atom. The van der Waals surface area contributed by atoms with Gasteiger partial charge in [0.1, 0.15) is 18.1 Å². The lowest BCUT2D eigenvalue weighted by molar-refractivity contribution is -0.140. The number of hydrogen-bond acceptors (Lipinski definition) is 5. The average Bonchev–Trinajstić information content (AvgIpc) is 3.12. The van der Waals surface area contributed by atoms with Crippen LogP contribution in [0, 0.1) is 13.8 Å². The maximum absolute atomic E-state index is 13.2. The number of aryl methyl sites for hydroxylation is 2. The van der Waals surface area contributed by atoms with Crippen LogP contribution in [0.25, 0.3) is 5.76 Å². The van der Waals surface area contributed by atoms with Gasteiger partial charge in [0.15, 0.2) is 0 Å². The molecule has 1 aliphatic heterocycles. The number of nitrogens with zero attached hydrogens (tertiary/aromatic N) is 2. The van der Waals surface area contributed by atoms with Gasteiger partial charge in [-0.05, 0) is 62.8 Å². The molecular weight excluding hydrogens is 452 g/mol. The summed E-state index contributed by atoms with van der Waals surface area (Å²) in [6.45, 7) is 5.24. The van der Waals surface area contributed by atoms with Gasteiger partial charge in [-0.15, -0.1) is 0 Å². The van der Waals surface area contributed by atoms with Gasteiger partial charge in [0.2, 0.25) is 0 Å². The van der Waals surface area contributed by atoms with Crippen molar-refractivity contribution in [2.24, 2.45) is 0 Å². The van der Waals surface area contributed by atoms with Gasteiger partial charge in [-0.2, -0.15) is 0 Å². The number of ketones is 1. The number of likely N-dealkylation sites (tertiary alicyclic amines) is 1. The number of rotatable bonds is 8. The second-order valence-corrected chi connectivity index (χ2v) is 9.46. The fourth-order valence-corrected chi connectivity index (χ4v) is 4.39. The minimum atomic E-state index is -0.666. The summed E-state index contributed by atoms with van der Waals surface area (Å²) in [5.41, 5.74) is 4.29. The van der Waals surface area contributed by atoms with Crippen molar-refractivity contribution in [1.29, 1.82) is 0 Å². The number of amides is 1. The van der Waals surface area contributed by atoms with Crippen molar-refractivity contribution in [2.75, 3.05) is 27.2 Å². The zero-order chi connectivity index (χ0) is 25.8. The van der Waals surface area contributed by atoms with Gasteiger partial charge in [-0.3, -0.25) is 9.59 Å². The number of aliphatic hydroxyl groups excluding tert-OH is 1. The van der Waals surface area contributed by atoms with Crippen molar-refractivity contribution in [1.82, 2.24) is 9.80 Å². The highest BCUT2D eigenvalue weighted by Crippen LogP contribution is 2.40. The molecule has 0 saturated carbocycles. The molecule has 0 bridgehead atoms. The SMILES string of the molecule is Cc1ccc([C@@H]2/C(=C(\O)c3ccc(OCc4ccccc4)cc3C)C(=O)C(=O)N2CCN(C)C)cc1. The normalized spacial score (nSPS) is 17.1. The number of carbonyl (C=O) groups is 2. The van der Waals surface area contributed by atoms with E-state index in [4.69, 9.17) is 4.74 Å². The largest absolute Gasteiger partial charge is 0.507 e. The van der Waals surface area contributed by atoms with E-state index in [9.17, 15) is 14.7 Å². The van der Waals surface area contributed by atoms with Crippen LogP contribution in [0.1, 0.15) is 33.9 Å². The molecule has 1 aliphatic rings. The monoisotopic (exact) mass is 484 g/mol. The summed E-state index contributed by atoms with van der Waals surface area (Å²) in [7, 11) is 3.84. The molecule has 6 nitrogen and oxygen atoms in total. The zero-order valence-electron chi connectivity index (χ0n) is 21.2. The number of hydrogen-bond donors (Lipinski definition) is 1. The molecule has 0 spiro atoms. The summed E-state index contributed by atoms with van der Waals surface area (Å²) in [6, 6.07) is 22.3. The van der Waals surface area contributed by atoms with Gasteiger partial charge < -0.3 is 19.6 Å². The van der Waals surface area contributed by atoms with Crippen molar-refractivity contribution in [2.45, 2.75) is 26.5 Å². The summed E-state index contributed by atoms with van der Waals surface area (Å²) in [5.74, 6) is -0.766. The second-order valence-electron chi connectivity index (χ2n) is 9.46. The Balaban J connectivity index is 1.70. The lowest BCUT2D eigenvalue weighted by Crippen LogP contribution is -2.35. The number of Topliss-reactive ketones (excluding diaryl/α,β-unsaturated/α-hetero) is 1. The van der Waals surface area contributed by atoms with Gasteiger partial charge in [-0.1, -0.05) is 60.2 Å². The topological polar surface area (TPSA) is 70.1 Å². The van der Waals surface area contributed by atoms with Crippen molar-refractivity contribution in [3.63, 3.8) is 0 Å². The van der Waals surface area contributed by atoms with E-state index in [-0.39, 0.29) is 11.3 Å². The number of aliphatic hydroxyl groups is 1. The summed E-state index contributed by atoms with van der Waals surface area (Å²) in [4.78, 5) is 29.8. The van der Waals surface area contributed by atoms with E-state index in [1.165, 1.54) is 0 Å². The number of likely N-dealkylation sites (N-methyl/N-ethyl adjacent to an activating group) is 1. The van der Waals surface area contributed by atoms with E-state index in [1.807, 2.05) is 93.5 Å². The maximum atomic E-state index is 13.2. The summed E-state index contributed by atoms with van der Waals surface area (Å²) >= 11 is 0. The molecule has 186 valence electrons. The predicted molar refractivity (Wildman–Crippen MR) is 141 cm³/mol. The lowest BCUT2D eigenvalue weighted by atomic mass is 9.93. The van der Waals surface area contributed by atoms with Crippen molar-refractivity contribution < 1.29 is 19.4 Å². The quantitative estimate of drug-likeness (QED) is 0.281. The Hall–Kier alpha value is -3.90. The Morgan fingerprint density at radius 2 is 1.67 bits per heavy atom. The van der Waals surface area contributed by atoms with Crippen LogP contribution in [0.5, 0.6) is 5.75 Å². The van der Waals surface area contributed by atoms with Gasteiger partial charge in [0, 0.05) is 18.7 Å². The minimum Gasteiger partial charge on any atom is -0.507 e. The first-order chi connectivity index (χ1) is 17.3. The molecule has 0 aliphatic carbocycles. The van der Waals surface area contributed by atoms with Crippen molar-refractivity contribution >= 4 is 17.4 Å². The number of benzene rings is 3. The second kappa shape index (κ2) is 10.8. The van der Waals surface area contributed by atoms with Crippen molar-refractivity contribution in [3.05, 3.63) is 106 Å². The fourth-order valence-electron chi connectivity index (χ4n) is 4.39. The molecule has 1 N–H and O–H groups in total. The van der Waals surface area contributed by atoms with E-state index in [2.05, 4.69) is 0 Å². The maximum Gasteiger partial charge on any atom is 0.295 e. The highest BCUT2D eigenvalue weighted by molar-refractivity contribution is 6.46. The average molecular weight is 485 g/mol. The molecule has 1 fully saturated rings. The molecule has 36 heavy (non-hydrogen) atoms. The smallest absolute Gasteiger partial charge is 0.295 e. The standard InChI is InChI=1S/C30H32N2O4/c1-20-10-12-23(13-11-20)27-26(29(34)30(35)32(27)17-16-31(3)4)28(33)25-15-14-24(18-21(25)2)36-19-22-8-6-5-7-9-22/h5-15,18,27,33H,16-17,19H2,1-4H3/b28-26+/t27-/m1/s1. The first-order valence-electron chi connectivity index (χ1n) is 12.0. The Labute approximate surface area is 212 Å². The van der Waals surface area contributed by atoms with Crippen LogP contribution in [0.2, 0.25) is 0 Å². The van der Waals surface area contributed by atoms with Crippen LogP contribution in [0.15, 0.2) is 78.4 Å². The van der Waals surface area contributed by atoms with Crippen LogP contribution in [-0.4, -0.2) is 53.8 Å². The number of ether oxygens (including phenoxy) is 1. The van der Waals surface area contributed by atoms with E-state index >= 15 is 0 Å². The third-order valence-corrected chi connectivity index (χ3v) is 6.42. The van der Waals surface area contributed by atoms with Crippen LogP contribution < -0.4 is 4.74 Å². The Kier molecular flexibility index (Phi) is 7.55. The summed E-state index contributed by atoms with van der Waals surface area (Å²) in [6.07, 6.45) is 0. The molecule has 0 unspecified atom stereocenters. The molecule has 4 rings (SSSR count). The van der Waals surface area contributed by atoms with Gasteiger partial charge >= 0.3 is 0 Å². The van der Waals surface area contributed by atoms with E-state index in [1.54, 1.807) is 17.0 Å². The van der Waals surface area contributed by atoms with Crippen LogP contribution in [-0.2, 0) is 16.2 Å². The van der Waals surface area contributed by atoms with Crippen LogP contribution in [0.4, 0.5) is 0 Å². The molecule has 3 aromatic rings. The van der Waals surface area contributed by atoms with Gasteiger partial charge in [0.25, 0.3) is 11.7 Å². The highest BCUT2D eigenvalue weighted by Gasteiger charge is 2.46. The zero-order valence-corrected chi connectivity index (χ0v) is 21.2. The van der Waals surface area contributed by atoms with Gasteiger partial charge in [0.05, 0.1) is 11.6 Å². The van der Waals surface area contributed by atoms with E-state index in [0.717, 1.165) is 22.3 Å². The molecule has 6 heteroatoms. The van der Waals surface area contributed by atoms with E-state index in [0.29, 0.717) is 31.0 Å². The molecule has 0 radical (unpaired) electrons. The molecular formula is C30H32N2O4. The fraction of sp³-hybridized carbons (Fsp3) is 0.267. The molecule has 0 aromatic heterocycles. The van der Waals surface area contributed by atoms with Crippen molar-refractivity contribution in [3.8, 4) is 5.75 Å². The minimum absolute atomic E-state index is 0.115. The first kappa shape index (κ1) is 25.2. The Morgan fingerprint density at radius 1 is 0.972 bits per heavy atom. The van der Waals surface area contributed by atoms with Crippen LogP contribution >= 0.6 is 0 Å². The summed E-state index contributed by atoms with van der Waals surface area (Å²) in [5, 5.41) is 11.4. The lowest BCUT2D eigenvalue weighted by Gasteiger charge is -2.26. The molecule has 1 atom stereocenters. The third-order valence-electron chi connectivity index (χ3n) is 6.42. The van der Waals surface area contributed by atoms with Crippen LogP contribution in [0.3, 0.4) is 0 Å². The molecule has 1 saturated heterocycles. The molecule has 3 aromatic carbocycles. The highest BCUT2D eigenvalue weighted by atomic mass is 16.5. The summed E-state index contributed by atoms with van der Waals surface area (Å²) < 4.78 is 5.91. The van der Waals surface area contributed by atoms with Gasteiger partial charge in [-0.25, -0.2) is 0 Å².